The van der Waals surface area contributed by atoms with E-state index in [-0.39, 0.29) is 4.68 Å². The zero-order valence-corrected chi connectivity index (χ0v) is 13.4. The van der Waals surface area contributed by atoms with Crippen molar-refractivity contribution in [3.63, 3.8) is 0 Å². The van der Waals surface area contributed by atoms with E-state index in [9.17, 15) is 26.7 Å². The zero-order valence-electron chi connectivity index (χ0n) is 13.4. The first kappa shape index (κ1) is 18.7. The second kappa shape index (κ2) is 6.34. The summed E-state index contributed by atoms with van der Waals surface area (Å²) in [6, 6.07) is 2.59. The molecule has 0 fully saturated rings. The fourth-order valence-electron chi connectivity index (χ4n) is 1.99. The van der Waals surface area contributed by atoms with E-state index in [4.69, 9.17) is 4.74 Å². The first-order valence-electron chi connectivity index (χ1n) is 7.00. The number of nitrogens with zero attached hydrogens (tertiary/aromatic N) is 2. The lowest BCUT2D eigenvalue weighted by Gasteiger charge is -2.20. The van der Waals surface area contributed by atoms with Gasteiger partial charge in [-0.1, -0.05) is 6.07 Å². The number of benzene rings is 1. The van der Waals surface area contributed by atoms with Gasteiger partial charge in [0.2, 0.25) is 0 Å². The molecule has 5 nitrogen and oxygen atoms in total. The van der Waals surface area contributed by atoms with Gasteiger partial charge in [0.05, 0.1) is 11.9 Å². The third kappa shape index (κ3) is 4.25. The van der Waals surface area contributed by atoms with Crippen molar-refractivity contribution in [1.29, 1.82) is 0 Å². The van der Waals surface area contributed by atoms with Crippen molar-refractivity contribution in [3.8, 4) is 5.69 Å². The molecule has 2 rings (SSSR count). The van der Waals surface area contributed by atoms with Crippen molar-refractivity contribution >= 4 is 11.8 Å². The summed E-state index contributed by atoms with van der Waals surface area (Å²) in [4.78, 5) is 11.7. The Hall–Kier alpha value is -2.65. The Labute approximate surface area is 139 Å². The molecule has 1 heterocycles. The molecule has 0 bridgehead atoms. The Bertz CT molecular complexity index is 773. The van der Waals surface area contributed by atoms with E-state index < -0.39 is 46.6 Å². The third-order valence-corrected chi connectivity index (χ3v) is 2.82. The highest BCUT2D eigenvalue weighted by molar-refractivity contribution is 5.85. The predicted molar refractivity (Wildman–Crippen MR) is 78.3 cm³/mol. The Balaban J connectivity index is 2.51. The predicted octanol–water partition coefficient (Wildman–Crippen LogP) is 4.52. The number of alkyl halides is 3. The van der Waals surface area contributed by atoms with Crippen LogP contribution in [0.3, 0.4) is 0 Å². The largest absolute Gasteiger partial charge is 0.444 e. The Morgan fingerprint density at radius 3 is 2.20 bits per heavy atom. The van der Waals surface area contributed by atoms with E-state index in [0.29, 0.717) is 6.20 Å². The van der Waals surface area contributed by atoms with Gasteiger partial charge in [-0.15, -0.1) is 0 Å². The maximum absolute atomic E-state index is 13.8. The SMILES string of the molecule is CC(C)(C)OC(=O)Nc1cnn(-c2c(F)cccc2F)c1C(F)(F)F. The summed E-state index contributed by atoms with van der Waals surface area (Å²) in [7, 11) is 0. The molecule has 0 aliphatic rings. The minimum Gasteiger partial charge on any atom is -0.444 e. The summed E-state index contributed by atoms with van der Waals surface area (Å²) in [5.41, 5.74) is -4.28. The molecule has 0 saturated carbocycles. The maximum Gasteiger partial charge on any atom is 0.435 e. The lowest BCUT2D eigenvalue weighted by molar-refractivity contribution is -0.142. The van der Waals surface area contributed by atoms with Crippen molar-refractivity contribution in [3.05, 3.63) is 41.7 Å². The molecule has 0 aliphatic heterocycles. The number of amides is 1. The molecule has 0 unspecified atom stereocenters. The summed E-state index contributed by atoms with van der Waals surface area (Å²) in [6.07, 6.45) is -5.57. The van der Waals surface area contributed by atoms with Gasteiger partial charge in [-0.05, 0) is 32.9 Å². The number of carbonyl (C=O) groups is 1. The highest BCUT2D eigenvalue weighted by Crippen LogP contribution is 2.37. The number of anilines is 1. The summed E-state index contributed by atoms with van der Waals surface area (Å²) in [5.74, 6) is -2.48. The van der Waals surface area contributed by atoms with E-state index in [1.807, 2.05) is 5.32 Å². The Morgan fingerprint density at radius 2 is 1.72 bits per heavy atom. The van der Waals surface area contributed by atoms with Gasteiger partial charge < -0.3 is 4.74 Å². The average molecular weight is 363 g/mol. The number of para-hydroxylation sites is 1. The molecule has 1 aromatic carbocycles. The number of carbonyl (C=O) groups excluding carboxylic acids is 1. The highest BCUT2D eigenvalue weighted by Gasteiger charge is 2.40. The van der Waals surface area contributed by atoms with Crippen molar-refractivity contribution in [1.82, 2.24) is 9.78 Å². The lowest BCUT2D eigenvalue weighted by Crippen LogP contribution is -2.28. The highest BCUT2D eigenvalue weighted by atomic mass is 19.4. The number of hydrogen-bond donors (Lipinski definition) is 1. The van der Waals surface area contributed by atoms with Crippen LogP contribution in [0.4, 0.5) is 32.4 Å². The van der Waals surface area contributed by atoms with Gasteiger partial charge in [-0.3, -0.25) is 5.32 Å². The van der Waals surface area contributed by atoms with Gasteiger partial charge >= 0.3 is 12.3 Å². The van der Waals surface area contributed by atoms with Gasteiger partial charge in [0, 0.05) is 0 Å². The van der Waals surface area contributed by atoms with Crippen LogP contribution < -0.4 is 5.32 Å². The first-order chi connectivity index (χ1) is 11.4. The Morgan fingerprint density at radius 1 is 1.16 bits per heavy atom. The minimum atomic E-state index is -5.05. The summed E-state index contributed by atoms with van der Waals surface area (Å²) >= 11 is 0. The monoisotopic (exact) mass is 363 g/mol. The second-order valence-electron chi connectivity index (χ2n) is 6.01. The molecule has 25 heavy (non-hydrogen) atoms. The Kier molecular flexibility index (Phi) is 4.74. The normalized spacial score (nSPS) is 12.2. The topological polar surface area (TPSA) is 56.1 Å². The van der Waals surface area contributed by atoms with Crippen LogP contribution in [0, 0.1) is 11.6 Å². The van der Waals surface area contributed by atoms with Crippen LogP contribution in [0.25, 0.3) is 5.69 Å². The van der Waals surface area contributed by atoms with Crippen molar-refractivity contribution in [2.24, 2.45) is 0 Å². The van der Waals surface area contributed by atoms with Crippen LogP contribution in [-0.4, -0.2) is 21.5 Å². The smallest absolute Gasteiger partial charge is 0.435 e. The lowest BCUT2D eigenvalue weighted by atomic mass is 10.2. The van der Waals surface area contributed by atoms with Crippen molar-refractivity contribution < 1.29 is 31.5 Å². The number of aromatic nitrogens is 2. The van der Waals surface area contributed by atoms with Gasteiger partial charge in [0.25, 0.3) is 0 Å². The standard InChI is InChI=1S/C15H14F5N3O2/c1-14(2,3)25-13(24)22-10-7-21-23(12(10)15(18,19)20)11-8(16)5-4-6-9(11)17/h4-7H,1-3H3,(H,22,24). The van der Waals surface area contributed by atoms with E-state index >= 15 is 0 Å². The summed E-state index contributed by atoms with van der Waals surface area (Å²) in [6.45, 7) is 4.57. The molecule has 0 radical (unpaired) electrons. The molecule has 1 amide bonds. The van der Waals surface area contributed by atoms with Crippen LogP contribution in [0.15, 0.2) is 24.4 Å². The summed E-state index contributed by atoms with van der Waals surface area (Å²) in [5, 5.41) is 5.26. The van der Waals surface area contributed by atoms with Crippen LogP contribution in [0.1, 0.15) is 26.5 Å². The molecular formula is C15H14F5N3O2. The number of nitrogens with one attached hydrogen (secondary N) is 1. The van der Waals surface area contributed by atoms with E-state index in [1.54, 1.807) is 0 Å². The molecule has 1 N–H and O–H groups in total. The number of rotatable bonds is 2. The number of ether oxygens (including phenoxy) is 1. The maximum atomic E-state index is 13.8. The quantitative estimate of drug-likeness (QED) is 0.799. The van der Waals surface area contributed by atoms with E-state index in [0.717, 1.165) is 18.2 Å². The number of hydrogen-bond acceptors (Lipinski definition) is 3. The molecule has 0 aliphatic carbocycles. The van der Waals surface area contributed by atoms with Gasteiger partial charge in [0.15, 0.2) is 17.3 Å². The van der Waals surface area contributed by atoms with E-state index in [2.05, 4.69) is 5.10 Å². The van der Waals surface area contributed by atoms with Gasteiger partial charge in [0.1, 0.15) is 11.3 Å². The molecule has 136 valence electrons. The second-order valence-corrected chi connectivity index (χ2v) is 6.01. The van der Waals surface area contributed by atoms with Gasteiger partial charge in [-0.2, -0.15) is 18.3 Å². The molecule has 0 spiro atoms. The zero-order chi connectivity index (χ0) is 19.0. The van der Waals surface area contributed by atoms with Crippen LogP contribution in [0.2, 0.25) is 0 Å². The average Bonchev–Trinajstić information content (AvgIpc) is 2.79. The molecule has 0 atom stereocenters. The van der Waals surface area contributed by atoms with Crippen molar-refractivity contribution in [2.45, 2.75) is 32.5 Å². The fourth-order valence-corrected chi connectivity index (χ4v) is 1.99. The molecule has 1 aromatic heterocycles. The third-order valence-electron chi connectivity index (χ3n) is 2.82. The van der Waals surface area contributed by atoms with Crippen LogP contribution in [-0.2, 0) is 10.9 Å². The summed E-state index contributed by atoms with van der Waals surface area (Å²) < 4.78 is 72.7. The first-order valence-corrected chi connectivity index (χ1v) is 7.00. The van der Waals surface area contributed by atoms with E-state index in [1.165, 1.54) is 20.8 Å². The van der Waals surface area contributed by atoms with Gasteiger partial charge in [-0.25, -0.2) is 18.3 Å². The fraction of sp³-hybridized carbons (Fsp3) is 0.333. The molecule has 0 saturated heterocycles. The molecular weight excluding hydrogens is 349 g/mol. The van der Waals surface area contributed by atoms with Crippen LogP contribution in [0.5, 0.6) is 0 Å². The minimum absolute atomic E-state index is 0.0529. The molecule has 2 aromatic rings. The van der Waals surface area contributed by atoms with Crippen molar-refractivity contribution in [2.75, 3.05) is 5.32 Å². The number of halogens is 5. The molecule has 10 heteroatoms. The van der Waals surface area contributed by atoms with Crippen LogP contribution >= 0.6 is 0 Å².